The number of carbonyl (C=O) groups is 2. The van der Waals surface area contributed by atoms with E-state index in [2.05, 4.69) is 4.90 Å². The lowest BCUT2D eigenvalue weighted by atomic mass is 9.75. The number of fused-ring (bicyclic) bond motifs is 3. The van der Waals surface area contributed by atoms with Crippen LogP contribution in [0.1, 0.15) is 24.0 Å². The second-order valence-electron chi connectivity index (χ2n) is 7.00. The highest BCUT2D eigenvalue weighted by atomic mass is 16.7. The Bertz CT molecular complexity index is 779. The maximum atomic E-state index is 13.2. The Morgan fingerprint density at radius 1 is 1.25 bits per heavy atom. The Balaban J connectivity index is 1.71. The summed E-state index contributed by atoms with van der Waals surface area (Å²) in [4.78, 5) is 31.3. The third-order valence-corrected chi connectivity index (χ3v) is 5.80. The molecule has 7 heteroatoms. The van der Waals surface area contributed by atoms with Gasteiger partial charge in [-0.15, -0.1) is 0 Å². The van der Waals surface area contributed by atoms with Crippen molar-refractivity contribution in [1.82, 2.24) is 14.7 Å². The molecule has 0 unspecified atom stereocenters. The van der Waals surface area contributed by atoms with Gasteiger partial charge in [0, 0.05) is 32.1 Å². The number of amides is 3. The van der Waals surface area contributed by atoms with Crippen molar-refractivity contribution in [1.29, 1.82) is 0 Å². The topological polar surface area (TPSA) is 62.3 Å². The number of ether oxygens (including phenoxy) is 2. The molecule has 24 heavy (non-hydrogen) atoms. The third-order valence-electron chi connectivity index (χ3n) is 5.80. The van der Waals surface area contributed by atoms with Crippen molar-refractivity contribution in [3.8, 4) is 11.5 Å². The molecule has 0 aliphatic carbocycles. The van der Waals surface area contributed by atoms with Gasteiger partial charge >= 0.3 is 6.03 Å². The molecule has 126 valence electrons. The molecule has 2 atom stereocenters. The number of likely N-dealkylation sites (N-methyl/N-ethyl adjacent to an activating group) is 2. The number of hydrogen-bond donors (Lipinski definition) is 0. The van der Waals surface area contributed by atoms with E-state index in [9.17, 15) is 9.59 Å². The van der Waals surface area contributed by atoms with Gasteiger partial charge in [-0.1, -0.05) is 0 Å². The quantitative estimate of drug-likeness (QED) is 0.719. The van der Waals surface area contributed by atoms with Crippen LogP contribution < -0.4 is 9.47 Å². The van der Waals surface area contributed by atoms with Gasteiger partial charge in [0.2, 0.25) is 6.79 Å². The van der Waals surface area contributed by atoms with Gasteiger partial charge in [0.1, 0.15) is 5.54 Å². The van der Waals surface area contributed by atoms with Gasteiger partial charge in [-0.25, -0.2) is 4.79 Å². The predicted molar refractivity (Wildman–Crippen MR) is 83.9 cm³/mol. The van der Waals surface area contributed by atoms with E-state index in [4.69, 9.17) is 9.47 Å². The van der Waals surface area contributed by atoms with Crippen LogP contribution in [0.4, 0.5) is 4.79 Å². The molecule has 1 aromatic carbocycles. The smallest absolute Gasteiger partial charge is 0.328 e. The fraction of sp³-hybridized carbons (Fsp3) is 0.529. The standard InChI is InChI=1S/C17H19N3O4/c1-3-19-15(21)17-8-18(2)7-12(17)11-5-14-13(23-9-24-14)4-10(11)6-20(17)16(19)22/h4-5,12H,3,6-9H2,1-2H3/t12-,17-/m0/s1. The number of rotatable bonds is 1. The molecule has 0 N–H and O–H groups in total. The van der Waals surface area contributed by atoms with E-state index < -0.39 is 5.54 Å². The molecule has 7 nitrogen and oxygen atoms in total. The SMILES string of the molecule is CCN1C(=O)N2Cc3cc4c(cc3[C@@H]3CN(C)C[C@@]32C1=O)OCO4. The molecule has 0 saturated carbocycles. The van der Waals surface area contributed by atoms with Crippen LogP contribution in [0, 0.1) is 0 Å². The summed E-state index contributed by atoms with van der Waals surface area (Å²) in [7, 11) is 2.00. The Hall–Kier alpha value is -2.28. The summed E-state index contributed by atoms with van der Waals surface area (Å²) < 4.78 is 11.0. The fourth-order valence-electron chi connectivity index (χ4n) is 4.77. The van der Waals surface area contributed by atoms with Crippen LogP contribution >= 0.6 is 0 Å². The number of likely N-dealkylation sites (tertiary alicyclic amines) is 1. The van der Waals surface area contributed by atoms with E-state index in [0.29, 0.717) is 19.6 Å². The predicted octanol–water partition coefficient (Wildman–Crippen LogP) is 0.981. The van der Waals surface area contributed by atoms with Crippen molar-refractivity contribution >= 4 is 11.9 Å². The lowest BCUT2D eigenvalue weighted by molar-refractivity contribution is -0.133. The summed E-state index contributed by atoms with van der Waals surface area (Å²) in [5.41, 5.74) is 1.39. The van der Waals surface area contributed by atoms with Gasteiger partial charge in [0.05, 0.1) is 0 Å². The summed E-state index contributed by atoms with van der Waals surface area (Å²) in [5, 5.41) is 0. The summed E-state index contributed by atoms with van der Waals surface area (Å²) in [6, 6.07) is 3.80. The number of urea groups is 1. The molecular formula is C17H19N3O4. The molecule has 3 amide bonds. The molecule has 0 bridgehead atoms. The van der Waals surface area contributed by atoms with Crippen LogP contribution in [0.3, 0.4) is 0 Å². The normalized spacial score (nSPS) is 30.7. The molecule has 2 saturated heterocycles. The van der Waals surface area contributed by atoms with E-state index in [1.54, 1.807) is 4.90 Å². The molecule has 4 aliphatic heterocycles. The third kappa shape index (κ3) is 1.46. The zero-order valence-corrected chi connectivity index (χ0v) is 13.7. The van der Waals surface area contributed by atoms with Crippen molar-refractivity contribution in [3.05, 3.63) is 23.3 Å². The van der Waals surface area contributed by atoms with Gasteiger partial charge in [0.15, 0.2) is 11.5 Å². The molecule has 4 aliphatic rings. The van der Waals surface area contributed by atoms with Gasteiger partial charge in [0.25, 0.3) is 5.91 Å². The lowest BCUT2D eigenvalue weighted by Crippen LogP contribution is -2.56. The molecule has 1 aromatic rings. The lowest BCUT2D eigenvalue weighted by Gasteiger charge is -2.41. The summed E-state index contributed by atoms with van der Waals surface area (Å²) in [6.45, 7) is 4.25. The van der Waals surface area contributed by atoms with Crippen LogP contribution in [0.2, 0.25) is 0 Å². The van der Waals surface area contributed by atoms with Crippen molar-refractivity contribution in [2.75, 3.05) is 33.5 Å². The van der Waals surface area contributed by atoms with E-state index in [1.165, 1.54) is 4.90 Å². The van der Waals surface area contributed by atoms with Crippen molar-refractivity contribution < 1.29 is 19.1 Å². The van der Waals surface area contributed by atoms with Crippen LogP contribution in [0.5, 0.6) is 11.5 Å². The summed E-state index contributed by atoms with van der Waals surface area (Å²) in [6.07, 6.45) is 0. The Labute approximate surface area is 139 Å². The van der Waals surface area contributed by atoms with Gasteiger partial charge in [-0.2, -0.15) is 0 Å². The first-order valence-electron chi connectivity index (χ1n) is 8.30. The minimum Gasteiger partial charge on any atom is -0.454 e. The molecule has 2 fully saturated rings. The van der Waals surface area contributed by atoms with Gasteiger partial charge < -0.3 is 19.3 Å². The first-order valence-corrected chi connectivity index (χ1v) is 8.30. The average Bonchev–Trinajstić information content (AvgIpc) is 3.20. The average molecular weight is 329 g/mol. The maximum absolute atomic E-state index is 13.2. The Morgan fingerprint density at radius 2 is 2.00 bits per heavy atom. The molecule has 0 aromatic heterocycles. The van der Waals surface area contributed by atoms with Crippen LogP contribution in [0.15, 0.2) is 12.1 Å². The minimum absolute atomic E-state index is 0.0336. The van der Waals surface area contributed by atoms with Crippen molar-refractivity contribution in [3.63, 3.8) is 0 Å². The maximum Gasteiger partial charge on any atom is 0.328 e. The van der Waals surface area contributed by atoms with E-state index >= 15 is 0 Å². The van der Waals surface area contributed by atoms with E-state index in [0.717, 1.165) is 29.2 Å². The molecular weight excluding hydrogens is 310 g/mol. The second-order valence-corrected chi connectivity index (χ2v) is 7.00. The minimum atomic E-state index is -0.775. The monoisotopic (exact) mass is 329 g/mol. The number of benzene rings is 1. The Morgan fingerprint density at radius 3 is 2.75 bits per heavy atom. The van der Waals surface area contributed by atoms with Crippen LogP contribution in [0.25, 0.3) is 0 Å². The highest BCUT2D eigenvalue weighted by molar-refractivity contribution is 6.08. The molecule has 0 radical (unpaired) electrons. The molecule has 1 spiro atoms. The van der Waals surface area contributed by atoms with Crippen LogP contribution in [-0.4, -0.2) is 65.7 Å². The zero-order valence-electron chi connectivity index (χ0n) is 13.7. The van der Waals surface area contributed by atoms with Crippen molar-refractivity contribution in [2.24, 2.45) is 0 Å². The summed E-state index contributed by atoms with van der Waals surface area (Å²) >= 11 is 0. The Kier molecular flexibility index (Phi) is 2.59. The number of imide groups is 1. The van der Waals surface area contributed by atoms with Crippen molar-refractivity contribution in [2.45, 2.75) is 24.9 Å². The van der Waals surface area contributed by atoms with Crippen LogP contribution in [-0.2, 0) is 11.3 Å². The zero-order chi connectivity index (χ0) is 16.6. The van der Waals surface area contributed by atoms with Gasteiger partial charge in [-0.3, -0.25) is 9.69 Å². The van der Waals surface area contributed by atoms with Gasteiger partial charge in [-0.05, 0) is 37.2 Å². The second kappa shape index (κ2) is 4.42. The highest BCUT2D eigenvalue weighted by Crippen LogP contribution is 2.52. The molecule has 4 heterocycles. The summed E-state index contributed by atoms with van der Waals surface area (Å²) in [5.74, 6) is 1.36. The number of carbonyl (C=O) groups excluding carboxylic acids is 2. The highest BCUT2D eigenvalue weighted by Gasteiger charge is 2.66. The first kappa shape index (κ1) is 14.1. The number of hydrogen-bond acceptors (Lipinski definition) is 5. The first-order chi connectivity index (χ1) is 11.6. The fourth-order valence-corrected chi connectivity index (χ4v) is 4.77. The van der Waals surface area contributed by atoms with E-state index in [-0.39, 0.29) is 24.6 Å². The largest absolute Gasteiger partial charge is 0.454 e. The molecule has 5 rings (SSSR count). The van der Waals surface area contributed by atoms with E-state index in [1.807, 2.05) is 26.1 Å². The number of nitrogens with zero attached hydrogens (tertiary/aromatic N) is 3.